The minimum Gasteiger partial charge on any atom is -0.493 e. The third-order valence-electron chi connectivity index (χ3n) is 5.16. The van der Waals surface area contributed by atoms with E-state index in [-0.39, 0.29) is 18.2 Å². The molecule has 1 aliphatic heterocycles. The number of aliphatic hydroxyl groups is 1. The van der Waals surface area contributed by atoms with Crippen LogP contribution in [-0.2, 0) is 9.53 Å². The maximum Gasteiger partial charge on any atom is 0.309 e. The Bertz CT molecular complexity index is 934. The van der Waals surface area contributed by atoms with Crippen molar-refractivity contribution in [1.29, 1.82) is 0 Å². The maximum atomic E-state index is 13.6. The summed E-state index contributed by atoms with van der Waals surface area (Å²) in [4.78, 5) is 11.7. The Labute approximate surface area is 176 Å². The molecule has 0 radical (unpaired) electrons. The molecule has 1 N–H and O–H groups in total. The Morgan fingerprint density at radius 3 is 2.47 bits per heavy atom. The van der Waals surface area contributed by atoms with Crippen molar-refractivity contribution in [2.24, 2.45) is 0 Å². The number of carbonyl (C=O) groups excluding carboxylic acids is 1. The number of hydrogen-bond acceptors (Lipinski definition) is 5. The smallest absolute Gasteiger partial charge is 0.309 e. The number of benzene rings is 2. The van der Waals surface area contributed by atoms with Gasteiger partial charge in [-0.2, -0.15) is 0 Å². The molecule has 0 spiro atoms. The van der Waals surface area contributed by atoms with E-state index in [1.54, 1.807) is 32.4 Å². The Kier molecular flexibility index (Phi) is 6.77. The van der Waals surface area contributed by atoms with Crippen molar-refractivity contribution in [3.05, 3.63) is 53.4 Å². The van der Waals surface area contributed by atoms with Gasteiger partial charge in [0.1, 0.15) is 11.9 Å². The molecule has 0 aromatic heterocycles. The molecular formula is C24H27FO5. The zero-order valence-electron chi connectivity index (χ0n) is 17.6. The van der Waals surface area contributed by atoms with Crippen LogP contribution >= 0.6 is 0 Å². The van der Waals surface area contributed by atoms with Crippen LogP contribution in [0.3, 0.4) is 0 Å². The van der Waals surface area contributed by atoms with Crippen LogP contribution in [0.25, 0.3) is 17.2 Å². The molecule has 30 heavy (non-hydrogen) atoms. The number of ether oxygens (including phenoxy) is 3. The summed E-state index contributed by atoms with van der Waals surface area (Å²) in [6.07, 6.45) is 2.78. The fourth-order valence-electron chi connectivity index (χ4n) is 3.72. The number of esters is 1. The highest BCUT2D eigenvalue weighted by atomic mass is 19.1. The standard InChI is InChI=1S/C24H27FO5/c1-14(2)20-13-21(28-3)24(29-4)23(15-5-7-16(25)8-6-15)19(20)10-9-18-11-17(26)12-22(27)30-18/h5-10,13-14,17-18,26H,11-12H2,1-4H3/t17-,18-/m1/s1. The molecule has 0 unspecified atom stereocenters. The lowest BCUT2D eigenvalue weighted by Crippen LogP contribution is -2.31. The molecule has 2 atom stereocenters. The molecule has 1 fully saturated rings. The maximum absolute atomic E-state index is 13.6. The summed E-state index contributed by atoms with van der Waals surface area (Å²) in [6.45, 7) is 4.13. The zero-order valence-corrected chi connectivity index (χ0v) is 17.6. The SMILES string of the molecule is COc1cc(C(C)C)c(C=C[C@@H]2C[C@@H](O)CC(=O)O2)c(-c2ccc(F)cc2)c1OC. The van der Waals surface area contributed by atoms with Crippen LogP contribution in [0.15, 0.2) is 36.4 Å². The normalized spacial score (nSPS) is 19.2. The van der Waals surface area contributed by atoms with E-state index in [1.807, 2.05) is 12.1 Å². The average Bonchev–Trinajstić information content (AvgIpc) is 2.70. The lowest BCUT2D eigenvalue weighted by atomic mass is 9.88. The molecule has 1 aliphatic rings. The molecule has 0 aliphatic carbocycles. The first-order valence-corrected chi connectivity index (χ1v) is 9.94. The van der Waals surface area contributed by atoms with Gasteiger partial charge in [0.15, 0.2) is 11.5 Å². The van der Waals surface area contributed by atoms with Gasteiger partial charge in [0, 0.05) is 12.0 Å². The highest BCUT2D eigenvalue weighted by molar-refractivity contribution is 5.85. The van der Waals surface area contributed by atoms with E-state index in [2.05, 4.69) is 13.8 Å². The molecule has 0 saturated carbocycles. The summed E-state index contributed by atoms with van der Waals surface area (Å²) in [7, 11) is 3.14. The second-order valence-electron chi connectivity index (χ2n) is 7.63. The van der Waals surface area contributed by atoms with Crippen molar-refractivity contribution in [1.82, 2.24) is 0 Å². The van der Waals surface area contributed by atoms with Crippen molar-refractivity contribution in [2.75, 3.05) is 14.2 Å². The van der Waals surface area contributed by atoms with Crippen LogP contribution in [0.5, 0.6) is 11.5 Å². The lowest BCUT2D eigenvalue weighted by molar-refractivity contribution is -0.156. The van der Waals surface area contributed by atoms with Gasteiger partial charge in [0.25, 0.3) is 0 Å². The van der Waals surface area contributed by atoms with Gasteiger partial charge >= 0.3 is 5.97 Å². The van der Waals surface area contributed by atoms with E-state index in [0.717, 1.165) is 22.3 Å². The third kappa shape index (κ3) is 4.65. The summed E-state index contributed by atoms with van der Waals surface area (Å²) in [5.41, 5.74) is 3.41. The molecule has 1 heterocycles. The van der Waals surface area contributed by atoms with Crippen LogP contribution in [0.2, 0.25) is 0 Å². The second-order valence-corrected chi connectivity index (χ2v) is 7.63. The number of halogens is 1. The molecule has 2 aromatic rings. The van der Waals surface area contributed by atoms with Gasteiger partial charge in [0.05, 0.1) is 26.7 Å². The first-order valence-electron chi connectivity index (χ1n) is 9.94. The summed E-state index contributed by atoms with van der Waals surface area (Å²) in [5, 5.41) is 9.89. The predicted octanol–water partition coefficient (Wildman–Crippen LogP) is 4.71. The molecule has 0 bridgehead atoms. The van der Waals surface area contributed by atoms with Gasteiger partial charge in [-0.25, -0.2) is 4.39 Å². The van der Waals surface area contributed by atoms with E-state index in [4.69, 9.17) is 14.2 Å². The largest absolute Gasteiger partial charge is 0.493 e. The van der Waals surface area contributed by atoms with Crippen LogP contribution < -0.4 is 9.47 Å². The topological polar surface area (TPSA) is 65.0 Å². The quantitative estimate of drug-likeness (QED) is 0.694. The van der Waals surface area contributed by atoms with Crippen molar-refractivity contribution in [3.63, 3.8) is 0 Å². The van der Waals surface area contributed by atoms with Gasteiger partial charge < -0.3 is 19.3 Å². The van der Waals surface area contributed by atoms with E-state index in [0.29, 0.717) is 17.9 Å². The van der Waals surface area contributed by atoms with Gasteiger partial charge in [-0.05, 0) is 46.9 Å². The van der Waals surface area contributed by atoms with Gasteiger partial charge in [0.2, 0.25) is 0 Å². The lowest BCUT2D eigenvalue weighted by Gasteiger charge is -2.24. The molecule has 1 saturated heterocycles. The summed E-state index contributed by atoms with van der Waals surface area (Å²) >= 11 is 0. The van der Waals surface area contributed by atoms with Gasteiger partial charge in [-0.3, -0.25) is 4.79 Å². The first-order chi connectivity index (χ1) is 14.3. The van der Waals surface area contributed by atoms with Crippen molar-refractivity contribution < 1.29 is 28.5 Å². The van der Waals surface area contributed by atoms with Crippen molar-refractivity contribution in [2.45, 2.75) is 44.8 Å². The Morgan fingerprint density at radius 2 is 1.90 bits per heavy atom. The molecule has 160 valence electrons. The second kappa shape index (κ2) is 9.30. The van der Waals surface area contributed by atoms with Crippen LogP contribution in [0.4, 0.5) is 4.39 Å². The highest BCUT2D eigenvalue weighted by Crippen LogP contribution is 2.45. The fraction of sp³-hybridized carbons (Fsp3) is 0.375. The number of cyclic esters (lactones) is 1. The fourth-order valence-corrected chi connectivity index (χ4v) is 3.72. The number of hydrogen-bond donors (Lipinski definition) is 1. The molecule has 3 rings (SSSR count). The predicted molar refractivity (Wildman–Crippen MR) is 113 cm³/mol. The van der Waals surface area contributed by atoms with Gasteiger partial charge in [-0.1, -0.05) is 32.1 Å². The Hall–Kier alpha value is -2.86. The van der Waals surface area contributed by atoms with E-state index in [1.165, 1.54) is 12.1 Å². The first kappa shape index (κ1) is 21.8. The minimum absolute atomic E-state index is 0.0127. The monoisotopic (exact) mass is 414 g/mol. The zero-order chi connectivity index (χ0) is 21.8. The summed E-state index contributed by atoms with van der Waals surface area (Å²) < 4.78 is 30.2. The van der Waals surface area contributed by atoms with Crippen LogP contribution in [0, 0.1) is 5.82 Å². The number of carbonyl (C=O) groups is 1. The van der Waals surface area contributed by atoms with Crippen molar-refractivity contribution in [3.8, 4) is 22.6 Å². The average molecular weight is 414 g/mol. The number of aliphatic hydroxyl groups excluding tert-OH is 1. The van der Waals surface area contributed by atoms with E-state index >= 15 is 0 Å². The third-order valence-corrected chi connectivity index (χ3v) is 5.16. The Balaban J connectivity index is 2.19. The van der Waals surface area contributed by atoms with Crippen LogP contribution in [-0.4, -0.2) is 37.5 Å². The van der Waals surface area contributed by atoms with E-state index in [9.17, 15) is 14.3 Å². The van der Waals surface area contributed by atoms with Crippen molar-refractivity contribution >= 4 is 12.0 Å². The van der Waals surface area contributed by atoms with Crippen LogP contribution in [0.1, 0.15) is 43.7 Å². The summed E-state index contributed by atoms with van der Waals surface area (Å²) in [5.74, 6) is 0.526. The van der Waals surface area contributed by atoms with Gasteiger partial charge in [-0.15, -0.1) is 0 Å². The molecule has 2 aromatic carbocycles. The molecular weight excluding hydrogens is 387 g/mol. The number of methoxy groups -OCH3 is 2. The highest BCUT2D eigenvalue weighted by Gasteiger charge is 2.26. The Morgan fingerprint density at radius 1 is 1.20 bits per heavy atom. The molecule has 0 amide bonds. The number of rotatable bonds is 6. The van der Waals surface area contributed by atoms with E-state index < -0.39 is 18.2 Å². The molecule has 5 nitrogen and oxygen atoms in total. The summed E-state index contributed by atoms with van der Waals surface area (Å²) in [6, 6.07) is 8.11. The molecule has 6 heteroatoms. The minimum atomic E-state index is -0.715.